The Morgan fingerprint density at radius 2 is 1.94 bits per heavy atom. The molecule has 2 aliphatic rings. The van der Waals surface area contributed by atoms with Gasteiger partial charge in [-0.05, 0) is 25.8 Å². The Morgan fingerprint density at radius 3 is 2.50 bits per heavy atom. The topological polar surface area (TPSA) is 40.5 Å². The van der Waals surface area contributed by atoms with Crippen LogP contribution in [-0.4, -0.2) is 41.3 Å². The number of carboxylic acids is 1. The van der Waals surface area contributed by atoms with E-state index >= 15 is 0 Å². The third kappa shape index (κ3) is 2.03. The van der Waals surface area contributed by atoms with Crippen LogP contribution in [0, 0.1) is 11.8 Å². The smallest absolute Gasteiger partial charge is 0.393 e. The van der Waals surface area contributed by atoms with Gasteiger partial charge in [0.1, 0.15) is 0 Å². The zero-order chi connectivity index (χ0) is 11.9. The number of piperidine rings is 1. The Hall–Kier alpha value is -0.780. The first kappa shape index (κ1) is 11.7. The molecule has 92 valence electrons. The molecule has 0 aliphatic carbocycles. The largest absolute Gasteiger partial charge is 0.481 e. The summed E-state index contributed by atoms with van der Waals surface area (Å²) in [4.78, 5) is 12.5. The quantitative estimate of drug-likeness (QED) is 0.755. The van der Waals surface area contributed by atoms with Gasteiger partial charge in [0.25, 0.3) is 0 Å². The summed E-state index contributed by atoms with van der Waals surface area (Å²) in [7, 11) is 0. The van der Waals surface area contributed by atoms with Crippen molar-refractivity contribution in [3.8, 4) is 0 Å². The molecule has 0 saturated carbocycles. The molecule has 16 heavy (non-hydrogen) atoms. The summed E-state index contributed by atoms with van der Waals surface area (Å²) >= 11 is 0. The van der Waals surface area contributed by atoms with Gasteiger partial charge in [0.05, 0.1) is 11.8 Å². The first-order valence-electron chi connectivity index (χ1n) is 5.43. The second kappa shape index (κ2) is 3.91. The number of rotatable bonds is 1. The second-order valence-corrected chi connectivity index (χ2v) is 4.61. The average molecular weight is 237 g/mol. The maximum Gasteiger partial charge on any atom is 0.393 e. The third-order valence-corrected chi connectivity index (χ3v) is 3.70. The first-order valence-corrected chi connectivity index (χ1v) is 5.43. The monoisotopic (exact) mass is 237 g/mol. The minimum absolute atomic E-state index is 0.112. The summed E-state index contributed by atoms with van der Waals surface area (Å²) in [6, 6.07) is -0.490. The van der Waals surface area contributed by atoms with Crippen LogP contribution < -0.4 is 0 Å². The number of carboxylic acid groups (broad SMARTS) is 1. The van der Waals surface area contributed by atoms with Gasteiger partial charge in [-0.2, -0.15) is 13.2 Å². The number of carbonyl (C=O) groups is 1. The van der Waals surface area contributed by atoms with Gasteiger partial charge in [0.15, 0.2) is 0 Å². The summed E-state index contributed by atoms with van der Waals surface area (Å²) in [5.41, 5.74) is 0. The Kier molecular flexibility index (Phi) is 2.86. The molecule has 3 unspecified atom stereocenters. The van der Waals surface area contributed by atoms with Crippen molar-refractivity contribution in [1.82, 2.24) is 4.90 Å². The molecule has 3 atom stereocenters. The standard InChI is InChI=1S/C10H14F3NO2/c11-10(12,13)7-3-4-14-5-6(9(15)16)1-2-8(7)14/h6-8H,1-5H2,(H,15,16). The molecule has 0 aromatic heterocycles. The van der Waals surface area contributed by atoms with Crippen molar-refractivity contribution in [2.75, 3.05) is 13.1 Å². The molecule has 3 nitrogen and oxygen atoms in total. The minimum Gasteiger partial charge on any atom is -0.481 e. The molecule has 2 saturated heterocycles. The highest BCUT2D eigenvalue weighted by atomic mass is 19.4. The lowest BCUT2D eigenvalue weighted by Gasteiger charge is -2.35. The molecule has 2 heterocycles. The molecule has 0 aromatic carbocycles. The van der Waals surface area contributed by atoms with E-state index < -0.39 is 30.0 Å². The van der Waals surface area contributed by atoms with Crippen molar-refractivity contribution < 1.29 is 23.1 Å². The van der Waals surface area contributed by atoms with Crippen LogP contribution in [0.15, 0.2) is 0 Å². The Labute approximate surface area is 91.2 Å². The third-order valence-electron chi connectivity index (χ3n) is 3.70. The van der Waals surface area contributed by atoms with Crippen LogP contribution in [0.25, 0.3) is 0 Å². The highest BCUT2D eigenvalue weighted by Crippen LogP contribution is 2.42. The SMILES string of the molecule is O=C(O)C1CCC2C(C(F)(F)F)CCN2C1. The Bertz CT molecular complexity index is 292. The molecule has 0 radical (unpaired) electrons. The number of fused-ring (bicyclic) bond motifs is 1. The van der Waals surface area contributed by atoms with Crippen LogP contribution in [0.2, 0.25) is 0 Å². The van der Waals surface area contributed by atoms with Gasteiger partial charge in [-0.3, -0.25) is 9.69 Å². The number of hydrogen-bond donors (Lipinski definition) is 1. The van der Waals surface area contributed by atoms with Crippen molar-refractivity contribution in [1.29, 1.82) is 0 Å². The fourth-order valence-corrected chi connectivity index (χ4v) is 2.86. The van der Waals surface area contributed by atoms with Gasteiger partial charge in [-0.25, -0.2) is 0 Å². The van der Waals surface area contributed by atoms with E-state index in [1.807, 2.05) is 0 Å². The number of nitrogens with zero attached hydrogens (tertiary/aromatic N) is 1. The predicted octanol–water partition coefficient (Wildman–Crippen LogP) is 1.73. The zero-order valence-corrected chi connectivity index (χ0v) is 8.70. The lowest BCUT2D eigenvalue weighted by molar-refractivity contribution is -0.183. The van der Waals surface area contributed by atoms with E-state index in [4.69, 9.17) is 5.11 Å². The summed E-state index contributed by atoms with van der Waals surface area (Å²) in [6.07, 6.45) is -3.32. The van der Waals surface area contributed by atoms with Gasteiger partial charge in [-0.1, -0.05) is 0 Å². The molecule has 0 aromatic rings. The maximum absolute atomic E-state index is 12.6. The van der Waals surface area contributed by atoms with Crippen LogP contribution in [0.4, 0.5) is 13.2 Å². The summed E-state index contributed by atoms with van der Waals surface area (Å²) in [5.74, 6) is -2.65. The molecule has 2 rings (SSSR count). The Balaban J connectivity index is 2.04. The maximum atomic E-state index is 12.6. The first-order chi connectivity index (χ1) is 7.39. The number of alkyl halides is 3. The van der Waals surface area contributed by atoms with Crippen LogP contribution >= 0.6 is 0 Å². The van der Waals surface area contributed by atoms with Crippen LogP contribution in [0.3, 0.4) is 0 Å². The van der Waals surface area contributed by atoms with Gasteiger partial charge >= 0.3 is 12.1 Å². The summed E-state index contributed by atoms with van der Waals surface area (Å²) in [5, 5.41) is 8.84. The van der Waals surface area contributed by atoms with Crippen molar-refractivity contribution in [2.45, 2.75) is 31.5 Å². The molecular formula is C10H14F3NO2. The van der Waals surface area contributed by atoms with Crippen molar-refractivity contribution in [3.63, 3.8) is 0 Å². The summed E-state index contributed by atoms with van der Waals surface area (Å²) in [6.45, 7) is 0.644. The van der Waals surface area contributed by atoms with Gasteiger partial charge < -0.3 is 5.11 Å². The number of halogens is 3. The molecule has 0 spiro atoms. The predicted molar refractivity (Wildman–Crippen MR) is 49.9 cm³/mol. The molecular weight excluding hydrogens is 223 g/mol. The average Bonchev–Trinajstić information content (AvgIpc) is 2.58. The lowest BCUT2D eigenvalue weighted by Crippen LogP contribution is -2.46. The van der Waals surface area contributed by atoms with E-state index in [1.54, 1.807) is 4.90 Å². The number of aliphatic carboxylic acids is 1. The molecule has 0 amide bonds. The van der Waals surface area contributed by atoms with E-state index in [0.717, 1.165) is 0 Å². The lowest BCUT2D eigenvalue weighted by atomic mass is 9.88. The van der Waals surface area contributed by atoms with Crippen LogP contribution in [0.5, 0.6) is 0 Å². The highest BCUT2D eigenvalue weighted by Gasteiger charge is 2.51. The van der Waals surface area contributed by atoms with Crippen molar-refractivity contribution >= 4 is 5.97 Å². The van der Waals surface area contributed by atoms with Crippen molar-refractivity contribution in [3.05, 3.63) is 0 Å². The Morgan fingerprint density at radius 1 is 1.25 bits per heavy atom. The van der Waals surface area contributed by atoms with E-state index in [1.165, 1.54) is 0 Å². The molecule has 0 bridgehead atoms. The zero-order valence-electron chi connectivity index (χ0n) is 8.70. The fraction of sp³-hybridized carbons (Fsp3) is 0.900. The molecule has 2 fully saturated rings. The fourth-order valence-electron chi connectivity index (χ4n) is 2.86. The normalized spacial score (nSPS) is 36.1. The van der Waals surface area contributed by atoms with Crippen molar-refractivity contribution in [2.24, 2.45) is 11.8 Å². The van der Waals surface area contributed by atoms with E-state index in [2.05, 4.69) is 0 Å². The van der Waals surface area contributed by atoms with Gasteiger partial charge in [0.2, 0.25) is 0 Å². The van der Waals surface area contributed by atoms with E-state index in [-0.39, 0.29) is 13.0 Å². The molecule has 6 heteroatoms. The second-order valence-electron chi connectivity index (χ2n) is 4.61. The van der Waals surface area contributed by atoms with E-state index in [9.17, 15) is 18.0 Å². The highest BCUT2D eigenvalue weighted by molar-refractivity contribution is 5.70. The molecule has 2 aliphatic heterocycles. The van der Waals surface area contributed by atoms with Crippen LogP contribution in [-0.2, 0) is 4.79 Å². The minimum atomic E-state index is -4.14. The molecule has 1 N–H and O–H groups in total. The van der Waals surface area contributed by atoms with E-state index in [0.29, 0.717) is 19.4 Å². The van der Waals surface area contributed by atoms with Gasteiger partial charge in [-0.15, -0.1) is 0 Å². The van der Waals surface area contributed by atoms with Crippen LogP contribution in [0.1, 0.15) is 19.3 Å². The number of hydrogen-bond acceptors (Lipinski definition) is 2. The van der Waals surface area contributed by atoms with Gasteiger partial charge in [0, 0.05) is 12.6 Å². The summed E-state index contributed by atoms with van der Waals surface area (Å²) < 4.78 is 37.9.